The van der Waals surface area contributed by atoms with Crippen LogP contribution in [0.5, 0.6) is 5.75 Å². The summed E-state index contributed by atoms with van der Waals surface area (Å²) in [7, 11) is 0. The van der Waals surface area contributed by atoms with Crippen molar-refractivity contribution in [3.8, 4) is 17.0 Å². The molecule has 1 unspecified atom stereocenters. The van der Waals surface area contributed by atoms with E-state index in [1.807, 2.05) is 50.4 Å². The van der Waals surface area contributed by atoms with Crippen molar-refractivity contribution >= 4 is 17.2 Å². The molecular weight excluding hydrogens is 296 g/mol. The highest BCUT2D eigenvalue weighted by molar-refractivity contribution is 6.20. The Morgan fingerprint density at radius 1 is 1.23 bits per heavy atom. The predicted octanol–water partition coefficient (Wildman–Crippen LogP) is 5.01. The number of rotatable bonds is 4. The van der Waals surface area contributed by atoms with Gasteiger partial charge in [0.05, 0.1) is 23.4 Å². The Kier molecular flexibility index (Phi) is 4.08. The predicted molar refractivity (Wildman–Crippen MR) is 90.8 cm³/mol. The lowest BCUT2D eigenvalue weighted by Gasteiger charge is -2.08. The zero-order valence-corrected chi connectivity index (χ0v) is 13.8. The fourth-order valence-corrected chi connectivity index (χ4v) is 2.90. The molecule has 0 aliphatic carbocycles. The van der Waals surface area contributed by atoms with Gasteiger partial charge in [0.25, 0.3) is 0 Å². The maximum absolute atomic E-state index is 6.43. The van der Waals surface area contributed by atoms with Crippen molar-refractivity contribution in [2.24, 2.45) is 0 Å². The number of hydrogen-bond acceptors (Lipinski definition) is 2. The summed E-state index contributed by atoms with van der Waals surface area (Å²) in [4.78, 5) is 4.82. The lowest BCUT2D eigenvalue weighted by molar-refractivity contribution is 0.340. The first-order valence-electron chi connectivity index (χ1n) is 7.46. The van der Waals surface area contributed by atoms with Gasteiger partial charge in [0, 0.05) is 11.8 Å². The third-order valence-electron chi connectivity index (χ3n) is 3.70. The SMILES string of the molecule is CCOc1ccc(-c2nc3c(C)cccn3c2C(C)Cl)cc1. The number of aryl methyl sites for hydroxylation is 1. The summed E-state index contributed by atoms with van der Waals surface area (Å²) in [5.74, 6) is 0.867. The number of aromatic nitrogens is 2. The van der Waals surface area contributed by atoms with Crippen molar-refractivity contribution in [2.45, 2.75) is 26.1 Å². The van der Waals surface area contributed by atoms with E-state index in [0.717, 1.165) is 33.9 Å². The van der Waals surface area contributed by atoms with E-state index in [0.29, 0.717) is 6.61 Å². The van der Waals surface area contributed by atoms with Gasteiger partial charge in [0.1, 0.15) is 11.4 Å². The third kappa shape index (κ3) is 2.57. The van der Waals surface area contributed by atoms with Gasteiger partial charge in [-0.2, -0.15) is 0 Å². The van der Waals surface area contributed by atoms with E-state index in [2.05, 4.69) is 17.4 Å². The van der Waals surface area contributed by atoms with Crippen LogP contribution in [0.3, 0.4) is 0 Å². The number of alkyl halides is 1. The lowest BCUT2D eigenvalue weighted by atomic mass is 10.1. The Hall–Kier alpha value is -2.00. The molecule has 0 bridgehead atoms. The average molecular weight is 315 g/mol. The summed E-state index contributed by atoms with van der Waals surface area (Å²) in [5.41, 5.74) is 5.09. The van der Waals surface area contributed by atoms with E-state index in [4.69, 9.17) is 21.3 Å². The monoisotopic (exact) mass is 314 g/mol. The molecule has 3 rings (SSSR count). The first-order chi connectivity index (χ1) is 10.6. The third-order valence-corrected chi connectivity index (χ3v) is 3.90. The standard InChI is InChI=1S/C18H19ClN2O/c1-4-22-15-9-7-14(8-10-15)16-17(13(3)19)21-11-5-6-12(2)18(21)20-16/h5-11,13H,4H2,1-3H3. The average Bonchev–Trinajstić information content (AvgIpc) is 2.89. The summed E-state index contributed by atoms with van der Waals surface area (Å²) in [6.07, 6.45) is 2.02. The van der Waals surface area contributed by atoms with Crippen LogP contribution < -0.4 is 4.74 Å². The van der Waals surface area contributed by atoms with E-state index in [-0.39, 0.29) is 5.38 Å². The van der Waals surface area contributed by atoms with Gasteiger partial charge in [-0.3, -0.25) is 0 Å². The highest BCUT2D eigenvalue weighted by atomic mass is 35.5. The quantitative estimate of drug-likeness (QED) is 0.633. The number of fused-ring (bicyclic) bond motifs is 1. The normalized spacial score (nSPS) is 12.5. The Balaban J connectivity index is 2.17. The molecule has 3 nitrogen and oxygen atoms in total. The van der Waals surface area contributed by atoms with Gasteiger partial charge in [-0.15, -0.1) is 11.6 Å². The van der Waals surface area contributed by atoms with Gasteiger partial charge in [-0.05, 0) is 56.7 Å². The van der Waals surface area contributed by atoms with Crippen LogP contribution >= 0.6 is 11.6 Å². The van der Waals surface area contributed by atoms with Gasteiger partial charge in [0.15, 0.2) is 0 Å². The zero-order chi connectivity index (χ0) is 15.7. The number of nitrogens with zero attached hydrogens (tertiary/aromatic N) is 2. The molecule has 0 fully saturated rings. The number of benzene rings is 1. The first-order valence-corrected chi connectivity index (χ1v) is 7.90. The second-order valence-corrected chi connectivity index (χ2v) is 5.96. The van der Waals surface area contributed by atoms with E-state index in [9.17, 15) is 0 Å². The Labute approximate surface area is 135 Å². The Morgan fingerprint density at radius 2 is 1.95 bits per heavy atom. The highest BCUT2D eigenvalue weighted by Crippen LogP contribution is 2.33. The maximum Gasteiger partial charge on any atom is 0.140 e. The number of halogens is 1. The first kappa shape index (κ1) is 14.9. The molecule has 1 atom stereocenters. The molecular formula is C18H19ClN2O. The molecule has 1 aromatic carbocycles. The summed E-state index contributed by atoms with van der Waals surface area (Å²) >= 11 is 6.43. The van der Waals surface area contributed by atoms with E-state index in [1.165, 1.54) is 0 Å². The Bertz CT molecular complexity index is 791. The minimum Gasteiger partial charge on any atom is -0.494 e. The Morgan fingerprint density at radius 3 is 2.59 bits per heavy atom. The van der Waals surface area contributed by atoms with Crippen molar-refractivity contribution in [3.63, 3.8) is 0 Å². The number of ether oxygens (including phenoxy) is 1. The smallest absolute Gasteiger partial charge is 0.140 e. The molecule has 0 saturated carbocycles. The molecule has 22 heavy (non-hydrogen) atoms. The summed E-state index contributed by atoms with van der Waals surface area (Å²) < 4.78 is 7.58. The zero-order valence-electron chi connectivity index (χ0n) is 13.0. The molecule has 0 aliphatic rings. The van der Waals surface area contributed by atoms with Crippen LogP contribution in [0.25, 0.3) is 16.9 Å². The van der Waals surface area contributed by atoms with Crippen LogP contribution in [0.1, 0.15) is 30.5 Å². The van der Waals surface area contributed by atoms with Crippen LogP contribution in [0.4, 0.5) is 0 Å². The van der Waals surface area contributed by atoms with Crippen LogP contribution in [-0.2, 0) is 0 Å². The number of pyridine rings is 1. The second kappa shape index (κ2) is 6.01. The van der Waals surface area contributed by atoms with Crippen LogP contribution in [-0.4, -0.2) is 16.0 Å². The van der Waals surface area contributed by atoms with Crippen molar-refractivity contribution in [2.75, 3.05) is 6.61 Å². The number of imidazole rings is 1. The van der Waals surface area contributed by atoms with Crippen LogP contribution in [0, 0.1) is 6.92 Å². The van der Waals surface area contributed by atoms with E-state index in [1.54, 1.807) is 0 Å². The van der Waals surface area contributed by atoms with E-state index >= 15 is 0 Å². The minimum atomic E-state index is -0.127. The van der Waals surface area contributed by atoms with Crippen molar-refractivity contribution in [3.05, 3.63) is 53.9 Å². The second-order valence-electron chi connectivity index (χ2n) is 5.30. The molecule has 114 valence electrons. The van der Waals surface area contributed by atoms with Crippen molar-refractivity contribution in [1.82, 2.24) is 9.38 Å². The minimum absolute atomic E-state index is 0.127. The van der Waals surface area contributed by atoms with Gasteiger partial charge in [0.2, 0.25) is 0 Å². The molecule has 2 aromatic heterocycles. The van der Waals surface area contributed by atoms with Gasteiger partial charge in [-0.25, -0.2) is 4.98 Å². The van der Waals surface area contributed by atoms with Crippen molar-refractivity contribution in [1.29, 1.82) is 0 Å². The lowest BCUT2D eigenvalue weighted by Crippen LogP contribution is -1.96. The van der Waals surface area contributed by atoms with Gasteiger partial charge >= 0.3 is 0 Å². The maximum atomic E-state index is 6.43. The number of hydrogen-bond donors (Lipinski definition) is 0. The molecule has 4 heteroatoms. The molecule has 0 saturated heterocycles. The fraction of sp³-hybridized carbons (Fsp3) is 0.278. The van der Waals surface area contributed by atoms with Crippen molar-refractivity contribution < 1.29 is 4.74 Å². The highest BCUT2D eigenvalue weighted by Gasteiger charge is 2.18. The van der Waals surface area contributed by atoms with Gasteiger partial charge in [-0.1, -0.05) is 6.07 Å². The van der Waals surface area contributed by atoms with E-state index < -0.39 is 0 Å². The molecule has 3 aromatic rings. The topological polar surface area (TPSA) is 26.5 Å². The van der Waals surface area contributed by atoms with Gasteiger partial charge < -0.3 is 9.14 Å². The van der Waals surface area contributed by atoms with Crippen LogP contribution in [0.2, 0.25) is 0 Å². The van der Waals surface area contributed by atoms with Crippen LogP contribution in [0.15, 0.2) is 42.6 Å². The largest absolute Gasteiger partial charge is 0.494 e. The molecule has 2 heterocycles. The summed E-state index contributed by atoms with van der Waals surface area (Å²) in [6.45, 7) is 6.68. The molecule has 0 N–H and O–H groups in total. The molecule has 0 aliphatic heterocycles. The molecule has 0 radical (unpaired) electrons. The summed E-state index contributed by atoms with van der Waals surface area (Å²) in [6, 6.07) is 12.1. The molecule has 0 amide bonds. The fourth-order valence-electron chi connectivity index (χ4n) is 2.69. The molecule has 0 spiro atoms. The summed E-state index contributed by atoms with van der Waals surface area (Å²) in [5, 5.41) is -0.127.